The van der Waals surface area contributed by atoms with Crippen LogP contribution < -0.4 is 5.32 Å². The Hall–Kier alpha value is -0.910. The summed E-state index contributed by atoms with van der Waals surface area (Å²) in [6.07, 6.45) is 5.56. The number of amides is 2. The first kappa shape index (κ1) is 14.2. The lowest BCUT2D eigenvalue weighted by Crippen LogP contribution is -2.49. The van der Waals surface area contributed by atoms with E-state index in [1.54, 1.807) is 16.7 Å². The van der Waals surface area contributed by atoms with Crippen molar-refractivity contribution in [3.05, 3.63) is 0 Å². The first-order chi connectivity index (χ1) is 8.15. The number of carboxylic acids is 1. The highest BCUT2D eigenvalue weighted by Gasteiger charge is 2.23. The second-order valence-electron chi connectivity index (χ2n) is 4.17. The van der Waals surface area contributed by atoms with Crippen LogP contribution in [0.4, 0.5) is 4.79 Å². The number of nitrogens with one attached hydrogen (secondary N) is 1. The molecule has 1 aliphatic rings. The normalized spacial score (nSPS) is 17.6. The van der Waals surface area contributed by atoms with Crippen molar-refractivity contribution in [2.45, 2.75) is 31.7 Å². The first-order valence-electron chi connectivity index (χ1n) is 5.92. The molecular weight excluding hydrogens is 240 g/mol. The third-order valence-electron chi connectivity index (χ3n) is 2.85. The minimum atomic E-state index is -0.954. The third-order valence-corrected chi connectivity index (χ3v) is 3.49. The van der Waals surface area contributed by atoms with E-state index in [0.29, 0.717) is 6.42 Å². The molecule has 1 rings (SSSR count). The Morgan fingerprint density at radius 1 is 1.35 bits per heavy atom. The fourth-order valence-corrected chi connectivity index (χ4v) is 2.30. The molecule has 1 saturated heterocycles. The van der Waals surface area contributed by atoms with Gasteiger partial charge in [-0.1, -0.05) is 0 Å². The smallest absolute Gasteiger partial charge is 0.326 e. The van der Waals surface area contributed by atoms with E-state index in [9.17, 15) is 9.59 Å². The summed E-state index contributed by atoms with van der Waals surface area (Å²) in [6.45, 7) is 1.47. The van der Waals surface area contributed by atoms with Crippen molar-refractivity contribution in [2.24, 2.45) is 0 Å². The second-order valence-corrected chi connectivity index (χ2v) is 5.16. The molecule has 1 unspecified atom stereocenters. The molecule has 98 valence electrons. The Kier molecular flexibility index (Phi) is 6.18. The van der Waals surface area contributed by atoms with Crippen molar-refractivity contribution >= 4 is 23.8 Å². The number of carbonyl (C=O) groups is 2. The molecule has 5 nitrogen and oxygen atoms in total. The average Bonchev–Trinajstić information content (AvgIpc) is 2.35. The van der Waals surface area contributed by atoms with E-state index >= 15 is 0 Å². The number of piperidine rings is 1. The number of rotatable bonds is 5. The van der Waals surface area contributed by atoms with Gasteiger partial charge >= 0.3 is 12.0 Å². The van der Waals surface area contributed by atoms with Gasteiger partial charge in [-0.3, -0.25) is 0 Å². The van der Waals surface area contributed by atoms with E-state index < -0.39 is 12.0 Å². The molecule has 0 radical (unpaired) electrons. The van der Waals surface area contributed by atoms with E-state index in [1.807, 2.05) is 6.26 Å². The van der Waals surface area contributed by atoms with E-state index in [1.165, 1.54) is 0 Å². The van der Waals surface area contributed by atoms with Crippen LogP contribution in [0, 0.1) is 0 Å². The topological polar surface area (TPSA) is 69.6 Å². The van der Waals surface area contributed by atoms with Crippen LogP contribution in [0.25, 0.3) is 0 Å². The molecule has 1 aliphatic heterocycles. The fourth-order valence-electron chi connectivity index (χ4n) is 1.83. The van der Waals surface area contributed by atoms with Gasteiger partial charge in [0.2, 0.25) is 0 Å². The van der Waals surface area contributed by atoms with Crippen molar-refractivity contribution in [3.8, 4) is 0 Å². The lowest BCUT2D eigenvalue weighted by molar-refractivity contribution is -0.139. The van der Waals surface area contributed by atoms with Gasteiger partial charge in [0.25, 0.3) is 0 Å². The zero-order valence-electron chi connectivity index (χ0n) is 10.1. The molecule has 1 heterocycles. The number of aliphatic carboxylic acids is 1. The summed E-state index contributed by atoms with van der Waals surface area (Å²) in [5.74, 6) is -0.221. The second kappa shape index (κ2) is 7.42. The van der Waals surface area contributed by atoms with Gasteiger partial charge in [-0.2, -0.15) is 11.8 Å². The maximum atomic E-state index is 11.8. The molecule has 2 N–H and O–H groups in total. The highest BCUT2D eigenvalue weighted by atomic mass is 32.2. The Bertz CT molecular complexity index is 267. The van der Waals surface area contributed by atoms with Gasteiger partial charge in [-0.25, -0.2) is 9.59 Å². The number of nitrogens with zero attached hydrogens (tertiary/aromatic N) is 1. The SMILES string of the molecule is CSCCC(NC(=O)N1CCCCC1)C(=O)O. The molecule has 0 aromatic carbocycles. The van der Waals surface area contributed by atoms with Crippen molar-refractivity contribution in [1.29, 1.82) is 0 Å². The monoisotopic (exact) mass is 260 g/mol. The minimum absolute atomic E-state index is 0.238. The lowest BCUT2D eigenvalue weighted by Gasteiger charge is -2.28. The predicted molar refractivity (Wildman–Crippen MR) is 68.4 cm³/mol. The molecule has 1 fully saturated rings. The van der Waals surface area contributed by atoms with Gasteiger partial charge in [0.05, 0.1) is 0 Å². The van der Waals surface area contributed by atoms with Crippen LogP contribution in [0.5, 0.6) is 0 Å². The molecule has 2 amide bonds. The van der Waals surface area contributed by atoms with Gasteiger partial charge in [-0.15, -0.1) is 0 Å². The molecule has 1 atom stereocenters. The largest absolute Gasteiger partial charge is 0.480 e. The van der Waals surface area contributed by atoms with Crippen LogP contribution >= 0.6 is 11.8 Å². The minimum Gasteiger partial charge on any atom is -0.480 e. The fraction of sp³-hybridized carbons (Fsp3) is 0.818. The van der Waals surface area contributed by atoms with Crippen LogP contribution in [-0.2, 0) is 4.79 Å². The van der Waals surface area contributed by atoms with Crippen LogP contribution in [0.15, 0.2) is 0 Å². The molecule has 0 aromatic heterocycles. The molecule has 0 aliphatic carbocycles. The van der Waals surface area contributed by atoms with Crippen LogP contribution in [0.3, 0.4) is 0 Å². The summed E-state index contributed by atoms with van der Waals surface area (Å²) in [4.78, 5) is 24.5. The van der Waals surface area contributed by atoms with Crippen molar-refractivity contribution in [2.75, 3.05) is 25.1 Å². The van der Waals surface area contributed by atoms with E-state index in [-0.39, 0.29) is 6.03 Å². The quantitative estimate of drug-likeness (QED) is 0.783. The average molecular weight is 260 g/mol. The standard InChI is InChI=1S/C11H20N2O3S/c1-17-8-5-9(10(14)15)12-11(16)13-6-3-2-4-7-13/h9H,2-8H2,1H3,(H,12,16)(H,14,15). The maximum absolute atomic E-state index is 11.8. The number of hydrogen-bond acceptors (Lipinski definition) is 3. The number of urea groups is 1. The Balaban J connectivity index is 2.42. The summed E-state index contributed by atoms with van der Waals surface area (Å²) in [7, 11) is 0. The number of carboxylic acid groups (broad SMARTS) is 1. The predicted octanol–water partition coefficient (Wildman–Crippen LogP) is 1.39. The summed E-state index contributed by atoms with van der Waals surface area (Å²) < 4.78 is 0. The van der Waals surface area contributed by atoms with E-state index in [0.717, 1.165) is 38.1 Å². The van der Waals surface area contributed by atoms with Crippen molar-refractivity contribution in [1.82, 2.24) is 10.2 Å². The molecule has 6 heteroatoms. The zero-order valence-corrected chi connectivity index (χ0v) is 11.0. The molecule has 0 spiro atoms. The van der Waals surface area contributed by atoms with Crippen molar-refractivity contribution < 1.29 is 14.7 Å². The van der Waals surface area contributed by atoms with Crippen LogP contribution in [-0.4, -0.2) is 53.1 Å². The molecule has 0 bridgehead atoms. The van der Waals surface area contributed by atoms with Crippen molar-refractivity contribution in [3.63, 3.8) is 0 Å². The molecule has 17 heavy (non-hydrogen) atoms. The van der Waals surface area contributed by atoms with Gasteiger partial charge in [-0.05, 0) is 37.7 Å². The number of likely N-dealkylation sites (tertiary alicyclic amines) is 1. The molecule has 0 aromatic rings. The van der Waals surface area contributed by atoms with E-state index in [2.05, 4.69) is 5.32 Å². The van der Waals surface area contributed by atoms with E-state index in [4.69, 9.17) is 5.11 Å². The van der Waals surface area contributed by atoms with Gasteiger partial charge in [0.15, 0.2) is 0 Å². The Morgan fingerprint density at radius 2 is 2.00 bits per heavy atom. The maximum Gasteiger partial charge on any atom is 0.326 e. The summed E-state index contributed by atoms with van der Waals surface area (Å²) in [6, 6.07) is -1.00. The highest BCUT2D eigenvalue weighted by molar-refractivity contribution is 7.98. The summed E-state index contributed by atoms with van der Waals surface area (Å²) in [5, 5.41) is 11.6. The Morgan fingerprint density at radius 3 is 2.53 bits per heavy atom. The molecular formula is C11H20N2O3S. The molecule has 0 saturated carbocycles. The summed E-state index contributed by atoms with van der Waals surface area (Å²) in [5.41, 5.74) is 0. The Labute approximate surface area is 106 Å². The number of hydrogen-bond donors (Lipinski definition) is 2. The highest BCUT2D eigenvalue weighted by Crippen LogP contribution is 2.09. The van der Waals surface area contributed by atoms with Crippen LogP contribution in [0.1, 0.15) is 25.7 Å². The van der Waals surface area contributed by atoms with Gasteiger partial charge in [0.1, 0.15) is 6.04 Å². The number of carbonyl (C=O) groups excluding carboxylic acids is 1. The number of thioether (sulfide) groups is 1. The van der Waals surface area contributed by atoms with Gasteiger partial charge < -0.3 is 15.3 Å². The van der Waals surface area contributed by atoms with Crippen LogP contribution in [0.2, 0.25) is 0 Å². The first-order valence-corrected chi connectivity index (χ1v) is 7.31. The zero-order chi connectivity index (χ0) is 12.7. The lowest BCUT2D eigenvalue weighted by atomic mass is 10.1. The third kappa shape index (κ3) is 4.85. The summed E-state index contributed by atoms with van der Waals surface area (Å²) >= 11 is 1.58. The van der Waals surface area contributed by atoms with Gasteiger partial charge in [0, 0.05) is 13.1 Å².